The molecular formula is C12H8FN3. The van der Waals surface area contributed by atoms with Crippen molar-refractivity contribution in [3.8, 4) is 11.1 Å². The molecule has 0 aliphatic carbocycles. The Kier molecular flexibility index (Phi) is 1.93. The van der Waals surface area contributed by atoms with E-state index in [0.29, 0.717) is 5.56 Å². The Morgan fingerprint density at radius 2 is 2.06 bits per heavy atom. The van der Waals surface area contributed by atoms with Crippen LogP contribution in [0.2, 0.25) is 0 Å². The van der Waals surface area contributed by atoms with Crippen molar-refractivity contribution in [1.82, 2.24) is 15.0 Å². The number of imidazole rings is 1. The Morgan fingerprint density at radius 1 is 1.12 bits per heavy atom. The van der Waals surface area contributed by atoms with Crippen molar-refractivity contribution in [2.75, 3.05) is 0 Å². The summed E-state index contributed by atoms with van der Waals surface area (Å²) in [6.45, 7) is 0. The summed E-state index contributed by atoms with van der Waals surface area (Å²) in [5.74, 6) is -0.457. The maximum atomic E-state index is 13.5. The fraction of sp³-hybridized carbons (Fsp3) is 0. The van der Waals surface area contributed by atoms with E-state index in [1.807, 2.05) is 18.2 Å². The zero-order chi connectivity index (χ0) is 11.0. The van der Waals surface area contributed by atoms with E-state index >= 15 is 0 Å². The van der Waals surface area contributed by atoms with E-state index in [0.717, 1.165) is 16.6 Å². The van der Waals surface area contributed by atoms with Gasteiger partial charge in [-0.3, -0.25) is 0 Å². The highest BCUT2D eigenvalue weighted by atomic mass is 19.1. The van der Waals surface area contributed by atoms with Crippen molar-refractivity contribution < 1.29 is 4.39 Å². The van der Waals surface area contributed by atoms with E-state index in [2.05, 4.69) is 15.0 Å². The monoisotopic (exact) mass is 213 g/mol. The lowest BCUT2D eigenvalue weighted by atomic mass is 10.1. The van der Waals surface area contributed by atoms with Gasteiger partial charge in [0, 0.05) is 11.8 Å². The molecule has 1 N–H and O–H groups in total. The highest BCUT2D eigenvalue weighted by molar-refractivity contribution is 5.81. The van der Waals surface area contributed by atoms with Gasteiger partial charge in [-0.15, -0.1) is 0 Å². The number of aromatic amines is 1. The summed E-state index contributed by atoms with van der Waals surface area (Å²) < 4.78 is 13.5. The Labute approximate surface area is 91.0 Å². The number of aromatic nitrogens is 3. The van der Waals surface area contributed by atoms with Crippen LogP contribution in [0.15, 0.2) is 42.9 Å². The Balaban J connectivity index is 2.22. The minimum atomic E-state index is -0.457. The number of H-pyrrole nitrogens is 1. The lowest BCUT2D eigenvalue weighted by Crippen LogP contribution is -1.87. The molecular weight excluding hydrogens is 205 g/mol. The van der Waals surface area contributed by atoms with Crippen LogP contribution in [0.1, 0.15) is 0 Å². The molecule has 3 aromatic rings. The second-order valence-corrected chi connectivity index (χ2v) is 3.48. The fourth-order valence-corrected chi connectivity index (χ4v) is 1.70. The third kappa shape index (κ3) is 1.35. The van der Waals surface area contributed by atoms with E-state index < -0.39 is 5.95 Å². The van der Waals surface area contributed by atoms with Gasteiger partial charge in [0.05, 0.1) is 17.4 Å². The van der Waals surface area contributed by atoms with E-state index in [9.17, 15) is 4.39 Å². The molecule has 0 aliphatic rings. The number of hydrogen-bond acceptors (Lipinski definition) is 2. The number of fused-ring (bicyclic) bond motifs is 1. The van der Waals surface area contributed by atoms with Gasteiger partial charge in [-0.2, -0.15) is 4.39 Å². The summed E-state index contributed by atoms with van der Waals surface area (Å²) in [6.07, 6.45) is 3.06. The molecule has 0 amide bonds. The quantitative estimate of drug-likeness (QED) is 0.631. The average Bonchev–Trinajstić information content (AvgIpc) is 2.76. The number of pyridine rings is 1. The van der Waals surface area contributed by atoms with Gasteiger partial charge in [0.15, 0.2) is 0 Å². The van der Waals surface area contributed by atoms with Gasteiger partial charge in [0.25, 0.3) is 0 Å². The van der Waals surface area contributed by atoms with Gasteiger partial charge in [-0.1, -0.05) is 6.07 Å². The van der Waals surface area contributed by atoms with Crippen LogP contribution in [0.4, 0.5) is 4.39 Å². The number of halogens is 1. The van der Waals surface area contributed by atoms with E-state index in [1.165, 1.54) is 6.20 Å². The van der Waals surface area contributed by atoms with Gasteiger partial charge < -0.3 is 4.98 Å². The zero-order valence-electron chi connectivity index (χ0n) is 8.31. The third-order valence-electron chi connectivity index (χ3n) is 2.49. The number of nitrogens with one attached hydrogen (secondary N) is 1. The molecule has 0 spiro atoms. The molecule has 2 heterocycles. The molecule has 0 bridgehead atoms. The standard InChI is InChI=1S/C12H8FN3/c13-12-9(2-1-5-14-12)8-3-4-10-11(6-8)16-7-15-10/h1-7H,(H,15,16). The molecule has 0 saturated carbocycles. The van der Waals surface area contributed by atoms with Crippen LogP contribution in [0.25, 0.3) is 22.2 Å². The third-order valence-corrected chi connectivity index (χ3v) is 2.49. The molecule has 3 nitrogen and oxygen atoms in total. The molecule has 0 radical (unpaired) electrons. The summed E-state index contributed by atoms with van der Waals surface area (Å²) in [7, 11) is 0. The van der Waals surface area contributed by atoms with Gasteiger partial charge in [0.2, 0.25) is 5.95 Å². The smallest absolute Gasteiger partial charge is 0.220 e. The van der Waals surface area contributed by atoms with Crippen LogP contribution in [0, 0.1) is 5.95 Å². The largest absolute Gasteiger partial charge is 0.345 e. The molecule has 3 rings (SSSR count). The van der Waals surface area contributed by atoms with Crippen LogP contribution in [-0.4, -0.2) is 15.0 Å². The van der Waals surface area contributed by atoms with Crippen LogP contribution in [0.5, 0.6) is 0 Å². The Hall–Kier alpha value is -2.23. The molecule has 78 valence electrons. The van der Waals surface area contributed by atoms with Gasteiger partial charge >= 0.3 is 0 Å². The molecule has 0 atom stereocenters. The minimum absolute atomic E-state index is 0.457. The molecule has 2 aromatic heterocycles. The predicted octanol–water partition coefficient (Wildman–Crippen LogP) is 2.76. The highest BCUT2D eigenvalue weighted by Gasteiger charge is 2.06. The first-order chi connectivity index (χ1) is 7.84. The van der Waals surface area contributed by atoms with Crippen molar-refractivity contribution in [2.24, 2.45) is 0 Å². The average molecular weight is 213 g/mol. The Bertz CT molecular complexity index is 645. The summed E-state index contributed by atoms with van der Waals surface area (Å²) in [4.78, 5) is 10.7. The molecule has 4 heteroatoms. The van der Waals surface area contributed by atoms with Crippen LogP contribution in [-0.2, 0) is 0 Å². The van der Waals surface area contributed by atoms with Crippen molar-refractivity contribution in [3.63, 3.8) is 0 Å². The first-order valence-corrected chi connectivity index (χ1v) is 4.88. The maximum absolute atomic E-state index is 13.5. The SMILES string of the molecule is Fc1ncccc1-c1ccc2nc[nH]c2c1. The van der Waals surface area contributed by atoms with E-state index in [1.54, 1.807) is 18.5 Å². The van der Waals surface area contributed by atoms with Crippen molar-refractivity contribution in [3.05, 3.63) is 48.8 Å². The van der Waals surface area contributed by atoms with Crippen LogP contribution < -0.4 is 0 Å². The van der Waals surface area contributed by atoms with Crippen molar-refractivity contribution in [2.45, 2.75) is 0 Å². The molecule has 0 unspecified atom stereocenters. The van der Waals surface area contributed by atoms with Gasteiger partial charge in [0.1, 0.15) is 0 Å². The number of nitrogens with zero attached hydrogens (tertiary/aromatic N) is 2. The lowest BCUT2D eigenvalue weighted by Gasteiger charge is -2.01. The predicted molar refractivity (Wildman–Crippen MR) is 59.3 cm³/mol. The molecule has 16 heavy (non-hydrogen) atoms. The van der Waals surface area contributed by atoms with Crippen molar-refractivity contribution >= 4 is 11.0 Å². The minimum Gasteiger partial charge on any atom is -0.345 e. The molecule has 0 fully saturated rings. The second kappa shape index (κ2) is 3.41. The van der Waals surface area contributed by atoms with E-state index in [4.69, 9.17) is 0 Å². The maximum Gasteiger partial charge on any atom is 0.220 e. The topological polar surface area (TPSA) is 41.6 Å². The van der Waals surface area contributed by atoms with Gasteiger partial charge in [-0.05, 0) is 29.8 Å². The zero-order valence-corrected chi connectivity index (χ0v) is 8.31. The lowest BCUT2D eigenvalue weighted by molar-refractivity contribution is 0.587. The summed E-state index contributed by atoms with van der Waals surface area (Å²) in [5, 5.41) is 0. The second-order valence-electron chi connectivity index (χ2n) is 3.48. The highest BCUT2D eigenvalue weighted by Crippen LogP contribution is 2.23. The Morgan fingerprint density at radius 3 is 2.94 bits per heavy atom. The van der Waals surface area contributed by atoms with Crippen molar-refractivity contribution in [1.29, 1.82) is 0 Å². The van der Waals surface area contributed by atoms with E-state index in [-0.39, 0.29) is 0 Å². The summed E-state index contributed by atoms with van der Waals surface area (Å²) in [6, 6.07) is 8.98. The van der Waals surface area contributed by atoms with Gasteiger partial charge in [-0.25, -0.2) is 9.97 Å². The number of hydrogen-bond donors (Lipinski definition) is 1. The first-order valence-electron chi connectivity index (χ1n) is 4.88. The normalized spacial score (nSPS) is 10.8. The molecule has 0 aliphatic heterocycles. The number of benzene rings is 1. The molecule has 1 aromatic carbocycles. The first kappa shape index (κ1) is 9.03. The summed E-state index contributed by atoms with van der Waals surface area (Å²) >= 11 is 0. The van der Waals surface area contributed by atoms with Crippen LogP contribution >= 0.6 is 0 Å². The van der Waals surface area contributed by atoms with Crippen LogP contribution in [0.3, 0.4) is 0 Å². The fourth-order valence-electron chi connectivity index (χ4n) is 1.70. The number of rotatable bonds is 1. The molecule has 0 saturated heterocycles. The summed E-state index contributed by atoms with van der Waals surface area (Å²) in [5.41, 5.74) is 3.05.